The molecule has 0 fully saturated rings. The molecule has 0 aromatic heterocycles. The van der Waals surface area contributed by atoms with Gasteiger partial charge < -0.3 is 5.11 Å². The fraction of sp³-hybridized carbons (Fsp3) is 0. The standard InChI is InChI=1S/C13H11NOS/c15-13-9-5-4-6-11(13)10-14-16-12-7-2-1-3-8-12/h1-10,15H/b14-10+. The van der Waals surface area contributed by atoms with Crippen molar-refractivity contribution in [1.82, 2.24) is 0 Å². The molecule has 2 rings (SSSR count). The Balaban J connectivity index is 2.03. The molecule has 2 aromatic rings. The number of para-hydroxylation sites is 1. The van der Waals surface area contributed by atoms with E-state index in [1.807, 2.05) is 42.5 Å². The van der Waals surface area contributed by atoms with Gasteiger partial charge in [0.05, 0.1) is 0 Å². The number of benzene rings is 2. The summed E-state index contributed by atoms with van der Waals surface area (Å²) < 4.78 is 4.20. The van der Waals surface area contributed by atoms with Gasteiger partial charge in [-0.3, -0.25) is 0 Å². The van der Waals surface area contributed by atoms with E-state index in [9.17, 15) is 5.11 Å². The summed E-state index contributed by atoms with van der Waals surface area (Å²) in [7, 11) is 0. The highest BCUT2D eigenvalue weighted by molar-refractivity contribution is 7.98. The molecule has 2 aromatic carbocycles. The van der Waals surface area contributed by atoms with Crippen molar-refractivity contribution in [1.29, 1.82) is 0 Å². The van der Waals surface area contributed by atoms with E-state index in [1.54, 1.807) is 18.3 Å². The summed E-state index contributed by atoms with van der Waals surface area (Å²) in [6.45, 7) is 0. The van der Waals surface area contributed by atoms with Gasteiger partial charge in [0.2, 0.25) is 0 Å². The minimum absolute atomic E-state index is 0.250. The van der Waals surface area contributed by atoms with Crippen LogP contribution in [0.15, 0.2) is 63.9 Å². The Hall–Kier alpha value is -1.74. The number of nitrogens with zero attached hydrogens (tertiary/aromatic N) is 1. The highest BCUT2D eigenvalue weighted by atomic mass is 32.2. The quantitative estimate of drug-likeness (QED) is 0.645. The van der Waals surface area contributed by atoms with Crippen LogP contribution in [0.5, 0.6) is 5.75 Å². The molecule has 0 spiro atoms. The largest absolute Gasteiger partial charge is 0.507 e. The first-order valence-electron chi connectivity index (χ1n) is 4.90. The molecular weight excluding hydrogens is 218 g/mol. The molecule has 2 nitrogen and oxygen atoms in total. The molecule has 0 saturated carbocycles. The highest BCUT2D eigenvalue weighted by Gasteiger charge is 1.94. The van der Waals surface area contributed by atoms with E-state index in [0.29, 0.717) is 0 Å². The smallest absolute Gasteiger partial charge is 0.124 e. The average Bonchev–Trinajstić information content (AvgIpc) is 2.33. The van der Waals surface area contributed by atoms with Crippen molar-refractivity contribution < 1.29 is 5.11 Å². The summed E-state index contributed by atoms with van der Waals surface area (Å²) in [6, 6.07) is 17.0. The lowest BCUT2D eigenvalue weighted by atomic mass is 10.2. The van der Waals surface area contributed by atoms with Crippen LogP contribution in [-0.2, 0) is 0 Å². The molecule has 3 heteroatoms. The first-order valence-corrected chi connectivity index (χ1v) is 5.67. The fourth-order valence-corrected chi connectivity index (χ4v) is 1.79. The molecule has 0 atom stereocenters. The van der Waals surface area contributed by atoms with Crippen molar-refractivity contribution in [2.24, 2.45) is 4.40 Å². The van der Waals surface area contributed by atoms with Gasteiger partial charge in [-0.05, 0) is 24.3 Å². The third-order valence-corrected chi connectivity index (χ3v) is 2.72. The summed E-state index contributed by atoms with van der Waals surface area (Å²) in [5.41, 5.74) is 0.728. The molecule has 0 radical (unpaired) electrons. The Bertz CT molecular complexity index is 482. The van der Waals surface area contributed by atoms with Crippen LogP contribution in [0, 0.1) is 0 Å². The van der Waals surface area contributed by atoms with Gasteiger partial charge >= 0.3 is 0 Å². The van der Waals surface area contributed by atoms with Crippen molar-refractivity contribution in [3.05, 3.63) is 60.2 Å². The molecular formula is C13H11NOS. The average molecular weight is 229 g/mol. The van der Waals surface area contributed by atoms with Crippen molar-refractivity contribution in [2.75, 3.05) is 0 Å². The number of aromatic hydroxyl groups is 1. The Labute approximate surface area is 98.8 Å². The van der Waals surface area contributed by atoms with Gasteiger partial charge in [-0.25, -0.2) is 4.40 Å². The monoisotopic (exact) mass is 229 g/mol. The predicted molar refractivity (Wildman–Crippen MR) is 68.0 cm³/mol. The van der Waals surface area contributed by atoms with E-state index < -0.39 is 0 Å². The lowest BCUT2D eigenvalue weighted by Crippen LogP contribution is -1.79. The van der Waals surface area contributed by atoms with E-state index >= 15 is 0 Å². The minimum atomic E-state index is 0.250. The van der Waals surface area contributed by atoms with Crippen molar-refractivity contribution in [2.45, 2.75) is 4.90 Å². The van der Waals surface area contributed by atoms with Gasteiger partial charge in [0.25, 0.3) is 0 Å². The van der Waals surface area contributed by atoms with Gasteiger partial charge in [0.1, 0.15) is 5.75 Å². The molecule has 0 aliphatic carbocycles. The first-order chi connectivity index (χ1) is 7.86. The maximum Gasteiger partial charge on any atom is 0.124 e. The van der Waals surface area contributed by atoms with Gasteiger partial charge in [0, 0.05) is 28.6 Å². The summed E-state index contributed by atoms with van der Waals surface area (Å²) in [5, 5.41) is 9.51. The van der Waals surface area contributed by atoms with Crippen molar-refractivity contribution in [3.8, 4) is 5.75 Å². The molecule has 0 aliphatic heterocycles. The predicted octanol–water partition coefficient (Wildman–Crippen LogP) is 3.52. The third kappa shape index (κ3) is 2.87. The molecule has 0 saturated heterocycles. The topological polar surface area (TPSA) is 32.6 Å². The third-order valence-electron chi connectivity index (χ3n) is 2.03. The number of hydrogen-bond acceptors (Lipinski definition) is 3. The van der Waals surface area contributed by atoms with Crippen molar-refractivity contribution in [3.63, 3.8) is 0 Å². The normalized spacial score (nSPS) is 10.8. The molecule has 0 amide bonds. The molecule has 0 heterocycles. The molecule has 0 bridgehead atoms. The second-order valence-corrected chi connectivity index (χ2v) is 4.06. The van der Waals surface area contributed by atoms with E-state index in [4.69, 9.17) is 0 Å². The summed E-state index contributed by atoms with van der Waals surface area (Å²) in [6.07, 6.45) is 1.66. The molecule has 1 N–H and O–H groups in total. The summed E-state index contributed by atoms with van der Waals surface area (Å²) in [4.78, 5) is 1.08. The van der Waals surface area contributed by atoms with Crippen LogP contribution >= 0.6 is 11.9 Å². The van der Waals surface area contributed by atoms with Crippen LogP contribution in [0.25, 0.3) is 0 Å². The lowest BCUT2D eigenvalue weighted by molar-refractivity contribution is 0.474. The Kier molecular flexibility index (Phi) is 3.62. The maximum atomic E-state index is 9.51. The minimum Gasteiger partial charge on any atom is -0.507 e. The second-order valence-electron chi connectivity index (χ2n) is 3.20. The fourth-order valence-electron chi connectivity index (χ4n) is 1.22. The Morgan fingerprint density at radius 2 is 1.62 bits per heavy atom. The molecule has 16 heavy (non-hydrogen) atoms. The zero-order valence-electron chi connectivity index (χ0n) is 8.58. The van der Waals surface area contributed by atoms with Gasteiger partial charge in [-0.15, -0.1) is 0 Å². The number of phenolic OH excluding ortho intramolecular Hbond substituents is 1. The highest BCUT2D eigenvalue weighted by Crippen LogP contribution is 2.19. The van der Waals surface area contributed by atoms with Crippen LogP contribution in [0.1, 0.15) is 5.56 Å². The number of hydrogen-bond donors (Lipinski definition) is 1. The van der Waals surface area contributed by atoms with Crippen LogP contribution in [0.4, 0.5) is 0 Å². The number of rotatable bonds is 3. The Morgan fingerprint density at radius 3 is 2.38 bits per heavy atom. The molecule has 0 aliphatic rings. The van der Waals surface area contributed by atoms with E-state index in [1.165, 1.54) is 11.9 Å². The summed E-state index contributed by atoms with van der Waals surface area (Å²) in [5.74, 6) is 0.250. The SMILES string of the molecule is Oc1ccccc1/C=N/Sc1ccccc1. The zero-order valence-corrected chi connectivity index (χ0v) is 9.39. The van der Waals surface area contributed by atoms with Gasteiger partial charge in [-0.2, -0.15) is 0 Å². The Morgan fingerprint density at radius 1 is 0.938 bits per heavy atom. The lowest BCUT2D eigenvalue weighted by Gasteiger charge is -1.96. The van der Waals surface area contributed by atoms with E-state index in [0.717, 1.165) is 10.5 Å². The van der Waals surface area contributed by atoms with Crippen LogP contribution in [0.2, 0.25) is 0 Å². The molecule has 0 unspecified atom stereocenters. The van der Waals surface area contributed by atoms with Gasteiger partial charge in [-0.1, -0.05) is 30.3 Å². The maximum absolute atomic E-state index is 9.51. The summed E-state index contributed by atoms with van der Waals surface area (Å²) >= 11 is 1.38. The second kappa shape index (κ2) is 5.37. The van der Waals surface area contributed by atoms with Crippen LogP contribution in [0.3, 0.4) is 0 Å². The van der Waals surface area contributed by atoms with E-state index in [-0.39, 0.29) is 5.75 Å². The first kappa shape index (κ1) is 10.8. The van der Waals surface area contributed by atoms with Crippen LogP contribution < -0.4 is 0 Å². The molecule has 80 valence electrons. The van der Waals surface area contributed by atoms with Crippen molar-refractivity contribution >= 4 is 18.2 Å². The van der Waals surface area contributed by atoms with Gasteiger partial charge in [0.15, 0.2) is 0 Å². The number of phenols is 1. The zero-order chi connectivity index (χ0) is 11.2. The van der Waals surface area contributed by atoms with Crippen LogP contribution in [-0.4, -0.2) is 11.3 Å². The van der Waals surface area contributed by atoms with E-state index in [2.05, 4.69) is 4.40 Å².